The van der Waals surface area contributed by atoms with Crippen LogP contribution in [0.3, 0.4) is 0 Å². The van der Waals surface area contributed by atoms with Gasteiger partial charge in [0.1, 0.15) is 5.82 Å². The van der Waals surface area contributed by atoms with Gasteiger partial charge in [0.25, 0.3) is 0 Å². The summed E-state index contributed by atoms with van der Waals surface area (Å²) in [5.74, 6) is -1.37. The molecule has 5 heteroatoms. The fourth-order valence-electron chi connectivity index (χ4n) is 2.95. The summed E-state index contributed by atoms with van der Waals surface area (Å²) in [5.41, 5.74) is 4.61. The fourth-order valence-corrected chi connectivity index (χ4v) is 2.95. The summed E-state index contributed by atoms with van der Waals surface area (Å²) in [7, 11) is 3.94. The van der Waals surface area contributed by atoms with Gasteiger partial charge in [-0.2, -0.15) is 0 Å². The number of aromatic nitrogens is 1. The SMILES string of the molecule is CN(C)c1ccc(-n2c(CCC(=O)[O-])ccc2-c2ccc(F)cc2)cc1. The molecule has 0 atom stereocenters. The lowest BCUT2D eigenvalue weighted by Crippen LogP contribution is -2.22. The molecule has 1 aromatic heterocycles. The number of benzene rings is 2. The number of halogens is 1. The summed E-state index contributed by atoms with van der Waals surface area (Å²) < 4.78 is 15.3. The average molecular weight is 351 g/mol. The minimum atomic E-state index is -1.08. The number of aliphatic carboxylic acids is 1. The molecule has 2 aromatic carbocycles. The van der Waals surface area contributed by atoms with Gasteiger partial charge < -0.3 is 19.4 Å². The van der Waals surface area contributed by atoms with Crippen LogP contribution in [-0.2, 0) is 11.2 Å². The molecule has 0 saturated heterocycles. The molecule has 0 unspecified atom stereocenters. The van der Waals surface area contributed by atoms with Gasteiger partial charge in [-0.3, -0.25) is 0 Å². The van der Waals surface area contributed by atoms with E-state index in [4.69, 9.17) is 0 Å². The Kier molecular flexibility index (Phi) is 5.07. The van der Waals surface area contributed by atoms with Crippen molar-refractivity contribution >= 4 is 11.7 Å². The van der Waals surface area contributed by atoms with Crippen molar-refractivity contribution in [2.45, 2.75) is 12.8 Å². The highest BCUT2D eigenvalue weighted by molar-refractivity contribution is 5.67. The number of aryl methyl sites for hydroxylation is 1. The Bertz CT molecular complexity index is 897. The van der Waals surface area contributed by atoms with Crippen molar-refractivity contribution in [2.75, 3.05) is 19.0 Å². The Balaban J connectivity index is 2.07. The van der Waals surface area contributed by atoms with Gasteiger partial charge in [0.15, 0.2) is 0 Å². The Hall–Kier alpha value is -3.08. The van der Waals surface area contributed by atoms with Crippen molar-refractivity contribution in [1.82, 2.24) is 4.57 Å². The van der Waals surface area contributed by atoms with Crippen LogP contribution >= 0.6 is 0 Å². The maximum absolute atomic E-state index is 13.3. The van der Waals surface area contributed by atoms with Gasteiger partial charge in [-0.1, -0.05) is 0 Å². The first-order valence-corrected chi connectivity index (χ1v) is 8.40. The number of rotatable bonds is 6. The van der Waals surface area contributed by atoms with E-state index in [1.54, 1.807) is 12.1 Å². The zero-order valence-electron chi connectivity index (χ0n) is 14.8. The van der Waals surface area contributed by atoms with Gasteiger partial charge in [0.2, 0.25) is 0 Å². The van der Waals surface area contributed by atoms with Gasteiger partial charge >= 0.3 is 0 Å². The molecule has 0 aliphatic rings. The third-order valence-corrected chi connectivity index (χ3v) is 4.31. The Labute approximate surface area is 152 Å². The van der Waals surface area contributed by atoms with E-state index >= 15 is 0 Å². The normalized spacial score (nSPS) is 10.7. The zero-order valence-corrected chi connectivity index (χ0v) is 14.8. The van der Waals surface area contributed by atoms with Crippen molar-refractivity contribution in [3.8, 4) is 16.9 Å². The maximum Gasteiger partial charge on any atom is 0.123 e. The van der Waals surface area contributed by atoms with Crippen LogP contribution in [0.25, 0.3) is 16.9 Å². The van der Waals surface area contributed by atoms with E-state index in [-0.39, 0.29) is 12.2 Å². The number of anilines is 1. The van der Waals surface area contributed by atoms with Crippen molar-refractivity contribution in [2.24, 2.45) is 0 Å². The quantitative estimate of drug-likeness (QED) is 0.686. The third kappa shape index (κ3) is 3.77. The maximum atomic E-state index is 13.3. The molecule has 0 N–H and O–H groups in total. The highest BCUT2D eigenvalue weighted by Gasteiger charge is 2.12. The Morgan fingerprint density at radius 2 is 1.65 bits per heavy atom. The number of carboxylic acid groups (broad SMARTS) is 1. The summed E-state index contributed by atoms with van der Waals surface area (Å²) >= 11 is 0. The Morgan fingerprint density at radius 3 is 2.23 bits per heavy atom. The molecule has 134 valence electrons. The molecule has 0 bridgehead atoms. The first-order valence-electron chi connectivity index (χ1n) is 8.40. The van der Waals surface area contributed by atoms with Crippen LogP contribution in [0.2, 0.25) is 0 Å². The smallest absolute Gasteiger partial charge is 0.123 e. The molecule has 0 aliphatic carbocycles. The second kappa shape index (κ2) is 7.44. The van der Waals surface area contributed by atoms with Crippen molar-refractivity contribution in [3.05, 3.63) is 72.2 Å². The van der Waals surface area contributed by atoms with Crippen molar-refractivity contribution < 1.29 is 14.3 Å². The first kappa shape index (κ1) is 17.7. The highest BCUT2D eigenvalue weighted by atomic mass is 19.1. The van der Waals surface area contributed by atoms with Crippen LogP contribution in [0.4, 0.5) is 10.1 Å². The molecule has 26 heavy (non-hydrogen) atoms. The molecule has 1 heterocycles. The fraction of sp³-hybridized carbons (Fsp3) is 0.190. The largest absolute Gasteiger partial charge is 0.550 e. The number of carboxylic acids is 1. The number of nitrogens with zero attached hydrogens (tertiary/aromatic N) is 2. The molecule has 3 aromatic rings. The van der Waals surface area contributed by atoms with Gasteiger partial charge in [0.05, 0.1) is 5.69 Å². The zero-order chi connectivity index (χ0) is 18.7. The molecule has 0 fully saturated rings. The van der Waals surface area contributed by atoms with Crippen LogP contribution < -0.4 is 10.0 Å². The van der Waals surface area contributed by atoms with Crippen LogP contribution in [-0.4, -0.2) is 24.6 Å². The van der Waals surface area contributed by atoms with Crippen LogP contribution in [0, 0.1) is 5.82 Å². The predicted molar refractivity (Wildman–Crippen MR) is 98.8 cm³/mol. The minimum absolute atomic E-state index is 0.0529. The average Bonchev–Trinajstić information content (AvgIpc) is 3.04. The molecule has 3 rings (SSSR count). The molecular weight excluding hydrogens is 331 g/mol. The third-order valence-electron chi connectivity index (χ3n) is 4.31. The van der Waals surface area contributed by atoms with Crippen LogP contribution in [0.1, 0.15) is 12.1 Å². The number of hydrogen-bond donors (Lipinski definition) is 0. The lowest BCUT2D eigenvalue weighted by atomic mass is 10.1. The monoisotopic (exact) mass is 351 g/mol. The van der Waals surface area contributed by atoms with Gasteiger partial charge in [-0.25, -0.2) is 4.39 Å². The predicted octanol–water partition coefficient (Wildman–Crippen LogP) is 3.03. The molecule has 0 spiro atoms. The van der Waals surface area contributed by atoms with E-state index < -0.39 is 5.97 Å². The molecule has 0 saturated carbocycles. The van der Waals surface area contributed by atoms with E-state index in [2.05, 4.69) is 0 Å². The van der Waals surface area contributed by atoms with Crippen molar-refractivity contribution in [3.63, 3.8) is 0 Å². The molecule has 0 radical (unpaired) electrons. The molecule has 0 aliphatic heterocycles. The molecule has 4 nitrogen and oxygen atoms in total. The topological polar surface area (TPSA) is 48.3 Å². The van der Waals surface area contributed by atoms with E-state index in [1.165, 1.54) is 12.1 Å². The summed E-state index contributed by atoms with van der Waals surface area (Å²) in [4.78, 5) is 12.9. The summed E-state index contributed by atoms with van der Waals surface area (Å²) in [6.07, 6.45) is 0.307. The van der Waals surface area contributed by atoms with E-state index in [9.17, 15) is 14.3 Å². The summed E-state index contributed by atoms with van der Waals surface area (Å²) in [6.45, 7) is 0. The van der Waals surface area contributed by atoms with Crippen molar-refractivity contribution in [1.29, 1.82) is 0 Å². The first-order chi connectivity index (χ1) is 12.5. The minimum Gasteiger partial charge on any atom is -0.550 e. The standard InChI is InChI=1S/C21H21FN2O2/c1-23(2)17-7-9-18(10-8-17)24-19(12-14-21(25)26)11-13-20(24)15-3-5-16(22)6-4-15/h3-11,13H,12,14H2,1-2H3,(H,25,26)/p-1. The van der Waals surface area contributed by atoms with E-state index in [0.717, 1.165) is 28.3 Å². The number of carbonyl (C=O) groups is 1. The molecule has 0 amide bonds. The van der Waals surface area contributed by atoms with E-state index in [1.807, 2.05) is 60.0 Å². The van der Waals surface area contributed by atoms with Gasteiger partial charge in [-0.05, 0) is 79.1 Å². The highest BCUT2D eigenvalue weighted by Crippen LogP contribution is 2.28. The Morgan fingerprint density at radius 1 is 1.00 bits per heavy atom. The van der Waals surface area contributed by atoms with Gasteiger partial charge in [-0.15, -0.1) is 0 Å². The van der Waals surface area contributed by atoms with E-state index in [0.29, 0.717) is 6.42 Å². The number of hydrogen-bond acceptors (Lipinski definition) is 3. The lowest BCUT2D eigenvalue weighted by Gasteiger charge is -2.17. The number of carbonyl (C=O) groups excluding carboxylic acids is 1. The van der Waals surface area contributed by atoms with Crippen LogP contribution in [0.15, 0.2) is 60.7 Å². The summed E-state index contributed by atoms with van der Waals surface area (Å²) in [5, 5.41) is 10.9. The second-order valence-electron chi connectivity index (χ2n) is 6.34. The molecular formula is C21H20FN2O2-. The summed E-state index contributed by atoms with van der Waals surface area (Å²) in [6, 6.07) is 18.1. The lowest BCUT2D eigenvalue weighted by molar-refractivity contribution is -0.305. The van der Waals surface area contributed by atoms with Crippen LogP contribution in [0.5, 0.6) is 0 Å². The second-order valence-corrected chi connectivity index (χ2v) is 6.34. The van der Waals surface area contributed by atoms with Gasteiger partial charge in [0, 0.05) is 37.1 Å².